The molecule has 0 aliphatic carbocycles. The van der Waals surface area contributed by atoms with E-state index in [0.29, 0.717) is 30.7 Å². The molecule has 17 heavy (non-hydrogen) atoms. The van der Waals surface area contributed by atoms with Crippen LogP contribution in [0.4, 0.5) is 5.82 Å². The Labute approximate surface area is 107 Å². The molecule has 0 radical (unpaired) electrons. The SMILES string of the molecule is O=C(Nc1nc(Br)ccc1O)C1CCOCC1. The van der Waals surface area contributed by atoms with Gasteiger partial charge in [0, 0.05) is 19.1 Å². The van der Waals surface area contributed by atoms with E-state index in [2.05, 4.69) is 26.2 Å². The molecule has 0 saturated carbocycles. The molecule has 0 bridgehead atoms. The van der Waals surface area contributed by atoms with Crippen molar-refractivity contribution < 1.29 is 14.6 Å². The van der Waals surface area contributed by atoms with Crippen molar-refractivity contribution in [1.82, 2.24) is 4.98 Å². The van der Waals surface area contributed by atoms with Crippen LogP contribution in [0.5, 0.6) is 5.75 Å². The van der Waals surface area contributed by atoms with Crippen LogP contribution in [0, 0.1) is 5.92 Å². The molecular weight excluding hydrogens is 288 g/mol. The van der Waals surface area contributed by atoms with Gasteiger partial charge >= 0.3 is 0 Å². The number of amides is 1. The number of carbonyl (C=O) groups excluding carboxylic acids is 1. The fraction of sp³-hybridized carbons (Fsp3) is 0.455. The van der Waals surface area contributed by atoms with E-state index in [-0.39, 0.29) is 23.4 Å². The average Bonchev–Trinajstić information content (AvgIpc) is 2.35. The van der Waals surface area contributed by atoms with Crippen molar-refractivity contribution in [2.75, 3.05) is 18.5 Å². The number of nitrogens with one attached hydrogen (secondary N) is 1. The van der Waals surface area contributed by atoms with E-state index in [9.17, 15) is 9.90 Å². The molecule has 1 aliphatic heterocycles. The third kappa shape index (κ3) is 3.17. The minimum Gasteiger partial charge on any atom is -0.504 e. The summed E-state index contributed by atoms with van der Waals surface area (Å²) in [6, 6.07) is 3.09. The van der Waals surface area contributed by atoms with Gasteiger partial charge in [0.25, 0.3) is 0 Å². The van der Waals surface area contributed by atoms with Gasteiger partial charge in [0.05, 0.1) is 0 Å². The maximum Gasteiger partial charge on any atom is 0.228 e. The quantitative estimate of drug-likeness (QED) is 0.819. The van der Waals surface area contributed by atoms with Crippen LogP contribution < -0.4 is 5.32 Å². The molecule has 6 heteroatoms. The van der Waals surface area contributed by atoms with E-state index in [0.717, 1.165) is 0 Å². The molecule has 92 valence electrons. The van der Waals surface area contributed by atoms with Gasteiger partial charge in [0.15, 0.2) is 11.6 Å². The standard InChI is InChI=1S/C11H13BrN2O3/c12-9-2-1-8(15)10(13-9)14-11(16)7-3-5-17-6-4-7/h1-2,7,15H,3-6H2,(H,13,14,16). The zero-order valence-corrected chi connectivity index (χ0v) is 10.7. The molecule has 2 N–H and O–H groups in total. The normalized spacial score (nSPS) is 16.8. The van der Waals surface area contributed by atoms with Crippen LogP contribution in [0.25, 0.3) is 0 Å². The smallest absolute Gasteiger partial charge is 0.228 e. The van der Waals surface area contributed by atoms with Crippen LogP contribution in [0.15, 0.2) is 16.7 Å². The highest BCUT2D eigenvalue weighted by Gasteiger charge is 2.22. The number of rotatable bonds is 2. The number of anilines is 1. The first-order valence-corrected chi connectivity index (χ1v) is 6.20. The average molecular weight is 301 g/mol. The highest BCUT2D eigenvalue weighted by molar-refractivity contribution is 9.10. The second kappa shape index (κ2) is 5.46. The van der Waals surface area contributed by atoms with Gasteiger partial charge in [-0.05, 0) is 40.9 Å². The Hall–Kier alpha value is -1.14. The van der Waals surface area contributed by atoms with Gasteiger partial charge in [-0.15, -0.1) is 0 Å². The van der Waals surface area contributed by atoms with E-state index in [4.69, 9.17) is 4.74 Å². The third-order valence-corrected chi connectivity index (χ3v) is 3.12. The third-order valence-electron chi connectivity index (χ3n) is 2.67. The van der Waals surface area contributed by atoms with Gasteiger partial charge in [-0.25, -0.2) is 4.98 Å². The lowest BCUT2D eigenvalue weighted by atomic mass is 9.99. The summed E-state index contributed by atoms with van der Waals surface area (Å²) in [6.45, 7) is 1.21. The number of hydrogen-bond acceptors (Lipinski definition) is 4. The number of ether oxygens (including phenoxy) is 1. The predicted molar refractivity (Wildman–Crippen MR) is 65.8 cm³/mol. The fourth-order valence-corrected chi connectivity index (χ4v) is 2.01. The van der Waals surface area contributed by atoms with Crippen LogP contribution in [0.2, 0.25) is 0 Å². The topological polar surface area (TPSA) is 71.5 Å². The molecule has 1 saturated heterocycles. The maximum atomic E-state index is 11.9. The number of aromatic nitrogens is 1. The van der Waals surface area contributed by atoms with Crippen LogP contribution >= 0.6 is 15.9 Å². The number of pyridine rings is 1. The molecule has 1 aromatic rings. The number of aromatic hydroxyl groups is 1. The van der Waals surface area contributed by atoms with E-state index < -0.39 is 0 Å². The van der Waals surface area contributed by atoms with Gasteiger partial charge in [0.2, 0.25) is 5.91 Å². The number of halogens is 1. The minimum atomic E-state index is -0.116. The minimum absolute atomic E-state index is 0.0337. The first-order valence-electron chi connectivity index (χ1n) is 5.41. The highest BCUT2D eigenvalue weighted by Crippen LogP contribution is 2.24. The van der Waals surface area contributed by atoms with Crippen molar-refractivity contribution in [3.8, 4) is 5.75 Å². The zero-order chi connectivity index (χ0) is 12.3. The molecular formula is C11H13BrN2O3. The van der Waals surface area contributed by atoms with Crippen molar-refractivity contribution in [3.05, 3.63) is 16.7 Å². The van der Waals surface area contributed by atoms with Crippen molar-refractivity contribution in [2.24, 2.45) is 5.92 Å². The van der Waals surface area contributed by atoms with Gasteiger partial charge in [-0.3, -0.25) is 4.79 Å². The summed E-state index contributed by atoms with van der Waals surface area (Å²) < 4.78 is 5.76. The Morgan fingerprint density at radius 3 is 2.88 bits per heavy atom. The van der Waals surface area contributed by atoms with Gasteiger partial charge < -0.3 is 15.2 Å². The number of nitrogens with zero attached hydrogens (tertiary/aromatic N) is 1. The summed E-state index contributed by atoms with van der Waals surface area (Å²) in [5, 5.41) is 12.2. The van der Waals surface area contributed by atoms with E-state index >= 15 is 0 Å². The summed E-state index contributed by atoms with van der Waals surface area (Å²) in [7, 11) is 0. The second-order valence-corrected chi connectivity index (χ2v) is 4.69. The Balaban J connectivity index is 2.04. The summed E-state index contributed by atoms with van der Waals surface area (Å²) >= 11 is 3.19. The molecule has 0 spiro atoms. The van der Waals surface area contributed by atoms with E-state index in [1.807, 2.05) is 0 Å². The number of hydrogen-bond donors (Lipinski definition) is 2. The van der Waals surface area contributed by atoms with Crippen molar-refractivity contribution in [3.63, 3.8) is 0 Å². The lowest BCUT2D eigenvalue weighted by Gasteiger charge is -2.21. The molecule has 5 nitrogen and oxygen atoms in total. The largest absolute Gasteiger partial charge is 0.504 e. The summed E-state index contributed by atoms with van der Waals surface area (Å²) in [6.07, 6.45) is 1.42. The van der Waals surface area contributed by atoms with E-state index in [1.165, 1.54) is 6.07 Å². The Morgan fingerprint density at radius 2 is 2.18 bits per heavy atom. The van der Waals surface area contributed by atoms with Gasteiger partial charge in [-0.1, -0.05) is 0 Å². The summed E-state index contributed by atoms with van der Waals surface area (Å²) in [4.78, 5) is 15.9. The lowest BCUT2D eigenvalue weighted by molar-refractivity contribution is -0.122. The first kappa shape index (κ1) is 12.3. The Kier molecular flexibility index (Phi) is 3.96. The van der Waals surface area contributed by atoms with Gasteiger partial charge in [-0.2, -0.15) is 0 Å². The van der Waals surface area contributed by atoms with Crippen LogP contribution in [0.3, 0.4) is 0 Å². The predicted octanol–water partition coefficient (Wildman–Crippen LogP) is 1.91. The highest BCUT2D eigenvalue weighted by atomic mass is 79.9. The van der Waals surface area contributed by atoms with Crippen molar-refractivity contribution >= 4 is 27.7 Å². The second-order valence-electron chi connectivity index (χ2n) is 3.88. The molecule has 1 amide bonds. The van der Waals surface area contributed by atoms with E-state index in [1.54, 1.807) is 6.07 Å². The molecule has 2 heterocycles. The molecule has 0 atom stereocenters. The lowest BCUT2D eigenvalue weighted by Crippen LogP contribution is -2.28. The number of carbonyl (C=O) groups is 1. The van der Waals surface area contributed by atoms with Crippen molar-refractivity contribution in [2.45, 2.75) is 12.8 Å². The van der Waals surface area contributed by atoms with Crippen LogP contribution in [0.1, 0.15) is 12.8 Å². The van der Waals surface area contributed by atoms with Crippen LogP contribution in [-0.2, 0) is 9.53 Å². The Bertz CT molecular complexity index is 419. The molecule has 0 aromatic carbocycles. The monoisotopic (exact) mass is 300 g/mol. The van der Waals surface area contributed by atoms with Crippen molar-refractivity contribution in [1.29, 1.82) is 0 Å². The molecule has 2 rings (SSSR count). The zero-order valence-electron chi connectivity index (χ0n) is 9.15. The van der Waals surface area contributed by atoms with Crippen LogP contribution in [-0.4, -0.2) is 29.2 Å². The molecule has 1 aromatic heterocycles. The maximum absolute atomic E-state index is 11.9. The van der Waals surface area contributed by atoms with Gasteiger partial charge in [0.1, 0.15) is 4.60 Å². The molecule has 1 aliphatic rings. The first-order chi connectivity index (χ1) is 8.16. The fourth-order valence-electron chi connectivity index (χ4n) is 1.70. The molecule has 1 fully saturated rings. The summed E-state index contributed by atoms with van der Waals surface area (Å²) in [5.41, 5.74) is 0. The Morgan fingerprint density at radius 1 is 1.47 bits per heavy atom. The summed E-state index contributed by atoms with van der Waals surface area (Å²) in [5.74, 6) is -0.0254. The molecule has 0 unspecified atom stereocenters.